The number of aliphatic hydroxyl groups excluding tert-OH is 2. The molecule has 1 aromatic carbocycles. The summed E-state index contributed by atoms with van der Waals surface area (Å²) in [6.45, 7) is 0.642. The first-order chi connectivity index (χ1) is 9.92. The normalized spacial score (nSPS) is 11.2. The van der Waals surface area contributed by atoms with Crippen LogP contribution in [0.2, 0.25) is 0 Å². The number of benzene rings is 1. The predicted molar refractivity (Wildman–Crippen MR) is 76.8 cm³/mol. The Morgan fingerprint density at radius 1 is 1.29 bits per heavy atom. The number of aliphatic hydroxyl groups is 2. The smallest absolute Gasteiger partial charge is 0.269 e. The van der Waals surface area contributed by atoms with Crippen LogP contribution in [0.25, 0.3) is 0 Å². The van der Waals surface area contributed by atoms with Gasteiger partial charge >= 0.3 is 0 Å². The Morgan fingerprint density at radius 2 is 1.86 bits per heavy atom. The quantitative estimate of drug-likeness (QED) is 0.484. The number of hydrogen-bond donors (Lipinski definition) is 3. The molecule has 0 heterocycles. The molecular weight excluding hydrogens is 276 g/mol. The van der Waals surface area contributed by atoms with Gasteiger partial charge in [-0.1, -0.05) is 12.1 Å². The van der Waals surface area contributed by atoms with E-state index in [9.17, 15) is 25.1 Å². The van der Waals surface area contributed by atoms with Gasteiger partial charge in [0.05, 0.1) is 23.7 Å². The minimum atomic E-state index is -1.02. The number of amides is 1. The fraction of sp³-hybridized carbons (Fsp3) is 0.500. The van der Waals surface area contributed by atoms with Crippen molar-refractivity contribution in [3.63, 3.8) is 0 Å². The number of nitro benzene ring substituents is 1. The van der Waals surface area contributed by atoms with Gasteiger partial charge in [0.15, 0.2) is 0 Å². The van der Waals surface area contributed by atoms with Gasteiger partial charge in [-0.2, -0.15) is 0 Å². The van der Waals surface area contributed by atoms with Crippen LogP contribution in [0.4, 0.5) is 5.69 Å². The molecule has 116 valence electrons. The van der Waals surface area contributed by atoms with Crippen molar-refractivity contribution in [3.05, 3.63) is 39.9 Å². The Kier molecular flexibility index (Phi) is 6.26. The van der Waals surface area contributed by atoms with E-state index in [-0.39, 0.29) is 24.8 Å². The summed E-state index contributed by atoms with van der Waals surface area (Å²) in [5.74, 6) is -0.312. The van der Waals surface area contributed by atoms with E-state index in [2.05, 4.69) is 5.32 Å². The first kappa shape index (κ1) is 17.1. The van der Waals surface area contributed by atoms with Crippen molar-refractivity contribution in [1.29, 1.82) is 0 Å². The zero-order valence-corrected chi connectivity index (χ0v) is 11.9. The summed E-state index contributed by atoms with van der Waals surface area (Å²) in [5.41, 5.74) is -0.0580. The summed E-state index contributed by atoms with van der Waals surface area (Å²) in [6, 6.07) is 6.23. The van der Waals surface area contributed by atoms with E-state index in [1.54, 1.807) is 12.1 Å². The van der Waals surface area contributed by atoms with Crippen LogP contribution in [0.15, 0.2) is 24.3 Å². The highest BCUT2D eigenvalue weighted by molar-refractivity contribution is 5.73. The Balaban J connectivity index is 2.57. The average molecular weight is 296 g/mol. The number of nitro groups is 1. The molecule has 0 saturated carbocycles. The third-order valence-electron chi connectivity index (χ3n) is 3.31. The molecule has 0 aromatic heterocycles. The Bertz CT molecular complexity index is 483. The number of nitrogens with zero attached hydrogens (tertiary/aromatic N) is 1. The van der Waals surface area contributed by atoms with Crippen LogP contribution >= 0.6 is 0 Å². The molecule has 3 N–H and O–H groups in total. The van der Waals surface area contributed by atoms with Crippen molar-refractivity contribution in [2.75, 3.05) is 13.2 Å². The molecule has 21 heavy (non-hydrogen) atoms. The minimum Gasteiger partial charge on any atom is -0.394 e. The standard InChI is InChI=1S/C14H20N2O5/c1-11(19)15-14(9-17,10-18)8-2-3-12-4-6-13(7-5-12)16(20)21/h4-7,17-18H,2-3,8-10H2,1H3,(H,15,19). The van der Waals surface area contributed by atoms with Crippen molar-refractivity contribution in [2.24, 2.45) is 0 Å². The van der Waals surface area contributed by atoms with Gasteiger partial charge in [-0.05, 0) is 24.8 Å². The Hall–Kier alpha value is -1.99. The number of hydrogen-bond acceptors (Lipinski definition) is 5. The number of carbonyl (C=O) groups is 1. The lowest BCUT2D eigenvalue weighted by Gasteiger charge is -2.30. The molecule has 7 heteroatoms. The number of nitrogens with one attached hydrogen (secondary N) is 1. The first-order valence-electron chi connectivity index (χ1n) is 6.66. The highest BCUT2D eigenvalue weighted by Crippen LogP contribution is 2.17. The maximum Gasteiger partial charge on any atom is 0.269 e. The minimum absolute atomic E-state index is 0.0389. The summed E-state index contributed by atoms with van der Waals surface area (Å²) < 4.78 is 0. The lowest BCUT2D eigenvalue weighted by Crippen LogP contribution is -2.53. The van der Waals surface area contributed by atoms with E-state index in [0.29, 0.717) is 19.3 Å². The lowest BCUT2D eigenvalue weighted by atomic mass is 9.93. The Labute approximate surface area is 122 Å². The molecule has 0 spiro atoms. The summed E-state index contributed by atoms with van der Waals surface area (Å²) in [5, 5.41) is 31.9. The third-order valence-corrected chi connectivity index (χ3v) is 3.31. The van der Waals surface area contributed by atoms with Crippen molar-refractivity contribution in [3.8, 4) is 0 Å². The molecule has 1 rings (SSSR count). The lowest BCUT2D eigenvalue weighted by molar-refractivity contribution is -0.384. The van der Waals surface area contributed by atoms with Gasteiger partial charge < -0.3 is 15.5 Å². The van der Waals surface area contributed by atoms with E-state index in [1.807, 2.05) is 0 Å². The Morgan fingerprint density at radius 3 is 2.29 bits per heavy atom. The molecule has 0 atom stereocenters. The van der Waals surface area contributed by atoms with E-state index >= 15 is 0 Å². The van der Waals surface area contributed by atoms with Crippen LogP contribution in [0.3, 0.4) is 0 Å². The zero-order valence-electron chi connectivity index (χ0n) is 11.9. The molecule has 0 unspecified atom stereocenters. The molecular formula is C14H20N2O5. The maximum absolute atomic E-state index is 11.1. The van der Waals surface area contributed by atoms with Crippen LogP contribution < -0.4 is 5.32 Å². The van der Waals surface area contributed by atoms with Gasteiger partial charge in [0.25, 0.3) is 5.69 Å². The fourth-order valence-corrected chi connectivity index (χ4v) is 2.14. The summed E-state index contributed by atoms with van der Waals surface area (Å²) in [7, 11) is 0. The molecule has 0 bridgehead atoms. The van der Waals surface area contributed by atoms with Gasteiger partial charge in [-0.25, -0.2) is 0 Å². The second-order valence-electron chi connectivity index (χ2n) is 5.05. The van der Waals surface area contributed by atoms with Gasteiger partial charge in [0, 0.05) is 19.1 Å². The van der Waals surface area contributed by atoms with Gasteiger partial charge in [0.2, 0.25) is 5.91 Å². The van der Waals surface area contributed by atoms with E-state index in [0.717, 1.165) is 5.56 Å². The zero-order chi connectivity index (χ0) is 15.9. The summed E-state index contributed by atoms with van der Waals surface area (Å²) in [6.07, 6.45) is 1.68. The highest BCUT2D eigenvalue weighted by Gasteiger charge is 2.28. The van der Waals surface area contributed by atoms with Gasteiger partial charge in [-0.3, -0.25) is 14.9 Å². The second-order valence-corrected chi connectivity index (χ2v) is 5.05. The average Bonchev–Trinajstić information content (AvgIpc) is 2.46. The number of non-ortho nitro benzene ring substituents is 1. The van der Waals surface area contributed by atoms with Gasteiger partial charge in [0.1, 0.15) is 0 Å². The van der Waals surface area contributed by atoms with E-state index in [1.165, 1.54) is 19.1 Å². The number of carbonyl (C=O) groups excluding carboxylic acids is 1. The van der Waals surface area contributed by atoms with Gasteiger partial charge in [-0.15, -0.1) is 0 Å². The van der Waals surface area contributed by atoms with E-state index in [4.69, 9.17) is 0 Å². The number of rotatable bonds is 8. The molecule has 0 radical (unpaired) electrons. The van der Waals surface area contributed by atoms with Crippen molar-refractivity contribution >= 4 is 11.6 Å². The van der Waals surface area contributed by atoms with Crippen LogP contribution in [0, 0.1) is 10.1 Å². The molecule has 0 aliphatic rings. The SMILES string of the molecule is CC(=O)NC(CO)(CO)CCCc1ccc([N+](=O)[O-])cc1. The highest BCUT2D eigenvalue weighted by atomic mass is 16.6. The second kappa shape index (κ2) is 7.70. The first-order valence-corrected chi connectivity index (χ1v) is 6.66. The number of aryl methyl sites for hydroxylation is 1. The molecule has 0 saturated heterocycles. The third kappa shape index (κ3) is 5.13. The van der Waals surface area contributed by atoms with Crippen LogP contribution in [-0.4, -0.2) is 39.8 Å². The summed E-state index contributed by atoms with van der Waals surface area (Å²) >= 11 is 0. The van der Waals surface area contributed by atoms with Crippen LogP contribution in [-0.2, 0) is 11.2 Å². The molecule has 0 fully saturated rings. The van der Waals surface area contributed by atoms with Crippen molar-refractivity contribution < 1.29 is 19.9 Å². The summed E-state index contributed by atoms with van der Waals surface area (Å²) in [4.78, 5) is 21.2. The largest absolute Gasteiger partial charge is 0.394 e. The van der Waals surface area contributed by atoms with Crippen LogP contribution in [0.5, 0.6) is 0 Å². The van der Waals surface area contributed by atoms with E-state index < -0.39 is 10.5 Å². The molecule has 1 amide bonds. The predicted octanol–water partition coefficient (Wildman–Crippen LogP) is 0.777. The fourth-order valence-electron chi connectivity index (χ4n) is 2.14. The molecule has 0 aliphatic heterocycles. The van der Waals surface area contributed by atoms with Crippen molar-refractivity contribution in [1.82, 2.24) is 5.32 Å². The molecule has 7 nitrogen and oxygen atoms in total. The maximum atomic E-state index is 11.1. The monoisotopic (exact) mass is 296 g/mol. The van der Waals surface area contributed by atoms with Crippen LogP contribution in [0.1, 0.15) is 25.3 Å². The molecule has 1 aromatic rings. The van der Waals surface area contributed by atoms with Crippen molar-refractivity contribution in [2.45, 2.75) is 31.7 Å². The molecule has 0 aliphatic carbocycles. The topological polar surface area (TPSA) is 113 Å².